The van der Waals surface area contributed by atoms with Gasteiger partial charge in [-0.05, 0) is 12.5 Å². The van der Waals surface area contributed by atoms with Gasteiger partial charge in [-0.3, -0.25) is 4.79 Å². The third-order valence-corrected chi connectivity index (χ3v) is 4.69. The number of rotatable bonds is 2. The van der Waals surface area contributed by atoms with E-state index in [0.29, 0.717) is 6.42 Å². The quantitative estimate of drug-likeness (QED) is 0.818. The van der Waals surface area contributed by atoms with Crippen molar-refractivity contribution in [3.63, 3.8) is 0 Å². The Morgan fingerprint density at radius 3 is 2.89 bits per heavy atom. The largest absolute Gasteiger partial charge is 0.348 e. The Balaban J connectivity index is 2.11. The van der Waals surface area contributed by atoms with Crippen molar-refractivity contribution in [2.75, 3.05) is 11.5 Å². The second kappa shape index (κ2) is 4.81. The van der Waals surface area contributed by atoms with Gasteiger partial charge in [-0.15, -0.1) is 0 Å². The summed E-state index contributed by atoms with van der Waals surface area (Å²) in [4.78, 5) is 15.3. The van der Waals surface area contributed by atoms with E-state index < -0.39 is 27.6 Å². The topological polar surface area (TPSA) is 76.1 Å². The molecule has 1 aliphatic heterocycles. The van der Waals surface area contributed by atoms with Crippen LogP contribution in [0.4, 0.5) is 4.39 Å². The summed E-state index contributed by atoms with van der Waals surface area (Å²) < 4.78 is 35.4. The summed E-state index contributed by atoms with van der Waals surface area (Å²) in [5.74, 6) is -1.34. The van der Waals surface area contributed by atoms with Crippen LogP contribution in [0.3, 0.4) is 0 Å². The second-order valence-electron chi connectivity index (χ2n) is 4.07. The second-order valence-corrected chi connectivity index (χ2v) is 6.65. The molecule has 0 saturated carbocycles. The molecule has 1 saturated heterocycles. The van der Waals surface area contributed by atoms with Crippen LogP contribution in [0.1, 0.15) is 16.8 Å². The molecule has 0 aromatic carbocycles. The van der Waals surface area contributed by atoms with Crippen LogP contribution in [-0.2, 0) is 9.84 Å². The number of carbonyl (C=O) groups excluding carboxylic acids is 1. The molecular formula is C10H10ClFN2O3S. The van der Waals surface area contributed by atoms with Crippen LogP contribution < -0.4 is 5.32 Å². The fraction of sp³-hybridized carbons (Fsp3) is 0.400. The van der Waals surface area contributed by atoms with Gasteiger partial charge in [0.25, 0.3) is 5.91 Å². The summed E-state index contributed by atoms with van der Waals surface area (Å²) in [6.45, 7) is 0. The SMILES string of the molecule is O=C(NC1CCS(=O)(=O)C1)c1cc(F)cnc1Cl. The Morgan fingerprint density at radius 1 is 1.56 bits per heavy atom. The molecule has 1 aliphatic rings. The van der Waals surface area contributed by atoms with E-state index in [2.05, 4.69) is 10.3 Å². The monoisotopic (exact) mass is 292 g/mol. The van der Waals surface area contributed by atoms with Gasteiger partial charge in [0.15, 0.2) is 9.84 Å². The molecule has 98 valence electrons. The first kappa shape index (κ1) is 13.2. The molecule has 1 amide bonds. The van der Waals surface area contributed by atoms with Crippen LogP contribution in [0.2, 0.25) is 5.15 Å². The van der Waals surface area contributed by atoms with Gasteiger partial charge in [0.2, 0.25) is 0 Å². The van der Waals surface area contributed by atoms with Gasteiger partial charge >= 0.3 is 0 Å². The molecule has 1 N–H and O–H groups in total. The molecular weight excluding hydrogens is 283 g/mol. The lowest BCUT2D eigenvalue weighted by molar-refractivity contribution is 0.0940. The first-order chi connectivity index (χ1) is 8.37. The number of pyridine rings is 1. The molecule has 5 nitrogen and oxygen atoms in total. The molecule has 8 heteroatoms. The fourth-order valence-electron chi connectivity index (χ4n) is 1.75. The lowest BCUT2D eigenvalue weighted by Crippen LogP contribution is -2.35. The average molecular weight is 293 g/mol. The van der Waals surface area contributed by atoms with Gasteiger partial charge in [-0.25, -0.2) is 17.8 Å². The Hall–Kier alpha value is -1.21. The van der Waals surface area contributed by atoms with Crippen molar-refractivity contribution in [3.8, 4) is 0 Å². The summed E-state index contributed by atoms with van der Waals surface area (Å²) in [6.07, 6.45) is 1.26. The molecule has 2 rings (SSSR count). The highest BCUT2D eigenvalue weighted by Gasteiger charge is 2.29. The standard InChI is InChI=1S/C10H10ClFN2O3S/c11-9-8(3-6(12)4-13-9)10(15)14-7-1-2-18(16,17)5-7/h3-4,7H,1-2,5H2,(H,14,15). The lowest BCUT2D eigenvalue weighted by Gasteiger charge is -2.11. The van der Waals surface area contributed by atoms with Gasteiger partial charge in [-0.2, -0.15) is 0 Å². The van der Waals surface area contributed by atoms with Gasteiger partial charge in [0, 0.05) is 6.04 Å². The molecule has 18 heavy (non-hydrogen) atoms. The van der Waals surface area contributed by atoms with E-state index in [9.17, 15) is 17.6 Å². The van der Waals surface area contributed by atoms with E-state index in [-0.39, 0.29) is 22.2 Å². The number of nitrogens with one attached hydrogen (secondary N) is 1. The molecule has 1 aromatic rings. The van der Waals surface area contributed by atoms with Crippen LogP contribution in [0.5, 0.6) is 0 Å². The van der Waals surface area contributed by atoms with Gasteiger partial charge in [0.1, 0.15) is 11.0 Å². The van der Waals surface area contributed by atoms with Crippen LogP contribution in [0.25, 0.3) is 0 Å². The molecule has 0 radical (unpaired) electrons. The zero-order chi connectivity index (χ0) is 13.3. The molecule has 0 aliphatic carbocycles. The minimum Gasteiger partial charge on any atom is -0.348 e. The maximum absolute atomic E-state index is 12.9. The highest BCUT2D eigenvalue weighted by molar-refractivity contribution is 7.91. The predicted octanol–water partition coefficient (Wildman–Crippen LogP) is 0.791. The molecule has 0 spiro atoms. The predicted molar refractivity (Wildman–Crippen MR) is 63.7 cm³/mol. The normalized spacial score (nSPS) is 21.8. The number of nitrogens with zero attached hydrogens (tertiary/aromatic N) is 1. The van der Waals surface area contributed by atoms with Crippen LogP contribution in [0, 0.1) is 5.82 Å². The maximum atomic E-state index is 12.9. The van der Waals surface area contributed by atoms with Crippen molar-refractivity contribution in [1.29, 1.82) is 0 Å². The third-order valence-electron chi connectivity index (χ3n) is 2.62. The third kappa shape index (κ3) is 2.97. The molecule has 1 atom stereocenters. The minimum atomic E-state index is -3.08. The Kier molecular flexibility index (Phi) is 3.54. The van der Waals surface area contributed by atoms with Crippen molar-refractivity contribution in [3.05, 3.63) is 28.8 Å². The number of hydrogen-bond donors (Lipinski definition) is 1. The van der Waals surface area contributed by atoms with Crippen molar-refractivity contribution in [2.45, 2.75) is 12.5 Å². The first-order valence-electron chi connectivity index (χ1n) is 5.20. The van der Waals surface area contributed by atoms with Crippen molar-refractivity contribution in [1.82, 2.24) is 10.3 Å². The van der Waals surface area contributed by atoms with E-state index in [1.165, 1.54) is 0 Å². The summed E-state index contributed by atoms with van der Waals surface area (Å²) >= 11 is 5.68. The molecule has 1 aromatic heterocycles. The average Bonchev–Trinajstić information content (AvgIpc) is 2.61. The molecule has 0 bridgehead atoms. The summed E-state index contributed by atoms with van der Waals surface area (Å²) in [6, 6.07) is 0.510. The summed E-state index contributed by atoms with van der Waals surface area (Å²) in [7, 11) is -3.08. The highest BCUT2D eigenvalue weighted by Crippen LogP contribution is 2.16. The van der Waals surface area contributed by atoms with E-state index in [1.807, 2.05) is 0 Å². The van der Waals surface area contributed by atoms with Crippen LogP contribution in [-0.4, -0.2) is 36.9 Å². The van der Waals surface area contributed by atoms with Crippen LogP contribution >= 0.6 is 11.6 Å². The van der Waals surface area contributed by atoms with E-state index in [1.54, 1.807) is 0 Å². The Bertz CT molecular complexity index is 591. The summed E-state index contributed by atoms with van der Waals surface area (Å²) in [5.41, 5.74) is -0.0963. The van der Waals surface area contributed by atoms with Crippen molar-refractivity contribution >= 4 is 27.3 Å². The summed E-state index contributed by atoms with van der Waals surface area (Å²) in [5, 5.41) is 2.39. The minimum absolute atomic E-state index is 0.0487. The lowest BCUT2D eigenvalue weighted by atomic mass is 10.2. The number of halogens is 2. The smallest absolute Gasteiger partial charge is 0.254 e. The van der Waals surface area contributed by atoms with Gasteiger partial charge in [-0.1, -0.05) is 11.6 Å². The number of sulfone groups is 1. The number of aromatic nitrogens is 1. The molecule has 2 heterocycles. The first-order valence-corrected chi connectivity index (χ1v) is 7.40. The number of hydrogen-bond acceptors (Lipinski definition) is 4. The van der Waals surface area contributed by atoms with Gasteiger partial charge < -0.3 is 5.32 Å². The van der Waals surface area contributed by atoms with Crippen LogP contribution in [0.15, 0.2) is 12.3 Å². The molecule has 1 unspecified atom stereocenters. The van der Waals surface area contributed by atoms with E-state index >= 15 is 0 Å². The Labute approximate surface area is 108 Å². The van der Waals surface area contributed by atoms with Gasteiger partial charge in [0.05, 0.1) is 23.3 Å². The zero-order valence-electron chi connectivity index (χ0n) is 9.19. The van der Waals surface area contributed by atoms with Crippen molar-refractivity contribution in [2.24, 2.45) is 0 Å². The number of amides is 1. The van der Waals surface area contributed by atoms with Crippen molar-refractivity contribution < 1.29 is 17.6 Å². The van der Waals surface area contributed by atoms with E-state index in [4.69, 9.17) is 11.6 Å². The van der Waals surface area contributed by atoms with E-state index in [0.717, 1.165) is 12.3 Å². The number of carbonyl (C=O) groups is 1. The fourth-order valence-corrected chi connectivity index (χ4v) is 3.62. The highest BCUT2D eigenvalue weighted by atomic mass is 35.5. The maximum Gasteiger partial charge on any atom is 0.254 e. The molecule has 1 fully saturated rings. The zero-order valence-corrected chi connectivity index (χ0v) is 10.8. The Morgan fingerprint density at radius 2 is 2.28 bits per heavy atom.